The lowest BCUT2D eigenvalue weighted by Gasteiger charge is -2.46. The van der Waals surface area contributed by atoms with Gasteiger partial charge in [0.2, 0.25) is 11.8 Å². The summed E-state index contributed by atoms with van der Waals surface area (Å²) in [7, 11) is 0. The fourth-order valence-corrected chi connectivity index (χ4v) is 4.40. The van der Waals surface area contributed by atoms with Crippen LogP contribution in [0.4, 0.5) is 5.69 Å². The number of carbonyl (C=O) groups is 3. The van der Waals surface area contributed by atoms with Crippen molar-refractivity contribution in [3.63, 3.8) is 0 Å². The summed E-state index contributed by atoms with van der Waals surface area (Å²) in [5.74, 6) is -1.90. The van der Waals surface area contributed by atoms with Gasteiger partial charge in [0, 0.05) is 38.2 Å². The number of hydrogen-bond acceptors (Lipinski definition) is 6. The zero-order chi connectivity index (χ0) is 21.8. The highest BCUT2D eigenvalue weighted by Gasteiger charge is 2.45. The highest BCUT2D eigenvalue weighted by Crippen LogP contribution is 2.24. The van der Waals surface area contributed by atoms with Crippen LogP contribution in [-0.4, -0.2) is 87.3 Å². The van der Waals surface area contributed by atoms with Crippen molar-refractivity contribution < 1.29 is 24.4 Å². The number of aliphatic carboxylic acids is 1. The second-order valence-electron chi connectivity index (χ2n) is 7.72. The van der Waals surface area contributed by atoms with Crippen LogP contribution in [0.25, 0.3) is 0 Å². The number of piperazine rings is 1. The number of likely N-dealkylation sites (tertiary alicyclic amines) is 1. The van der Waals surface area contributed by atoms with E-state index in [1.54, 1.807) is 6.07 Å². The molecule has 30 heavy (non-hydrogen) atoms. The average molecular weight is 418 g/mol. The van der Waals surface area contributed by atoms with E-state index in [1.807, 2.05) is 0 Å². The monoisotopic (exact) mass is 418 g/mol. The molecule has 1 N–H and O–H groups in total. The molecule has 1 aromatic carbocycles. The predicted molar refractivity (Wildman–Crippen MR) is 107 cm³/mol. The second-order valence-corrected chi connectivity index (χ2v) is 7.72. The van der Waals surface area contributed by atoms with Gasteiger partial charge in [0.05, 0.1) is 17.4 Å². The van der Waals surface area contributed by atoms with Crippen molar-refractivity contribution in [2.24, 2.45) is 0 Å². The number of nitro benzene ring substituents is 1. The van der Waals surface area contributed by atoms with Crippen LogP contribution in [0.5, 0.6) is 0 Å². The molecule has 0 aromatic heterocycles. The Morgan fingerprint density at radius 3 is 2.33 bits per heavy atom. The molecule has 10 nitrogen and oxygen atoms in total. The van der Waals surface area contributed by atoms with Gasteiger partial charge in [0.25, 0.3) is 5.69 Å². The minimum Gasteiger partial charge on any atom is -0.480 e. The molecule has 0 spiro atoms. The second kappa shape index (κ2) is 9.21. The van der Waals surface area contributed by atoms with Gasteiger partial charge < -0.3 is 19.8 Å². The van der Waals surface area contributed by atoms with Crippen molar-refractivity contribution in [1.82, 2.24) is 14.7 Å². The number of nitro groups is 1. The van der Waals surface area contributed by atoms with E-state index >= 15 is 0 Å². The predicted octanol–water partition coefficient (Wildman–Crippen LogP) is 0.746. The van der Waals surface area contributed by atoms with Crippen molar-refractivity contribution in [3.8, 4) is 0 Å². The molecule has 2 atom stereocenters. The number of rotatable bonds is 6. The number of para-hydroxylation sites is 1. The number of amides is 2. The zero-order valence-electron chi connectivity index (χ0n) is 16.9. The molecular formula is C20H26N4O6. The van der Waals surface area contributed by atoms with Gasteiger partial charge in [-0.25, -0.2) is 4.79 Å². The smallest absolute Gasteiger partial charge is 0.328 e. The Bertz CT molecular complexity index is 838. The topological polar surface area (TPSA) is 124 Å². The van der Waals surface area contributed by atoms with E-state index in [0.717, 1.165) is 25.9 Å². The summed E-state index contributed by atoms with van der Waals surface area (Å²) in [5.41, 5.74) is 0.0652. The van der Waals surface area contributed by atoms with E-state index in [-0.39, 0.29) is 36.7 Å². The Kier molecular flexibility index (Phi) is 6.66. The third kappa shape index (κ3) is 4.59. The summed E-state index contributed by atoms with van der Waals surface area (Å²) in [6.45, 7) is 3.76. The SMILES string of the molecule is CC(=O)N1CCN(C(=O)Cc2ccccc2[N+](=O)[O-])[C@@H](C(=O)O)[C@@H]1CN1CCCC1. The lowest BCUT2D eigenvalue weighted by Crippen LogP contribution is -2.67. The summed E-state index contributed by atoms with van der Waals surface area (Å²) >= 11 is 0. The third-order valence-corrected chi connectivity index (χ3v) is 5.83. The molecule has 2 aliphatic heterocycles. The van der Waals surface area contributed by atoms with Gasteiger partial charge in [-0.1, -0.05) is 18.2 Å². The minimum absolute atomic E-state index is 0.0759. The Morgan fingerprint density at radius 2 is 1.73 bits per heavy atom. The average Bonchev–Trinajstić information content (AvgIpc) is 3.20. The lowest BCUT2D eigenvalue weighted by atomic mass is 9.98. The molecule has 162 valence electrons. The maximum absolute atomic E-state index is 13.0. The Balaban J connectivity index is 1.86. The van der Waals surface area contributed by atoms with Crippen LogP contribution in [-0.2, 0) is 20.8 Å². The Hall–Kier alpha value is -3.01. The van der Waals surface area contributed by atoms with E-state index in [1.165, 1.54) is 34.9 Å². The van der Waals surface area contributed by atoms with Crippen molar-refractivity contribution >= 4 is 23.5 Å². The molecule has 0 radical (unpaired) electrons. The van der Waals surface area contributed by atoms with Crippen molar-refractivity contribution in [3.05, 3.63) is 39.9 Å². The Labute approximate surface area is 174 Å². The maximum atomic E-state index is 13.0. The first-order valence-electron chi connectivity index (χ1n) is 10.0. The van der Waals surface area contributed by atoms with E-state index in [2.05, 4.69) is 4.90 Å². The first-order chi connectivity index (χ1) is 14.3. The maximum Gasteiger partial charge on any atom is 0.328 e. The lowest BCUT2D eigenvalue weighted by molar-refractivity contribution is -0.385. The highest BCUT2D eigenvalue weighted by atomic mass is 16.6. The molecule has 3 rings (SSSR count). The van der Waals surface area contributed by atoms with Crippen LogP contribution in [0.2, 0.25) is 0 Å². The van der Waals surface area contributed by atoms with E-state index < -0.39 is 28.9 Å². The molecule has 10 heteroatoms. The molecule has 0 unspecified atom stereocenters. The standard InChI is InChI=1S/C20H26N4O6/c1-14(25)22-10-11-23(18(26)12-15-6-2-3-7-16(15)24(29)30)19(20(27)28)17(22)13-21-8-4-5-9-21/h2-3,6-7,17,19H,4-5,8-13H2,1H3,(H,27,28)/t17-,19+/m0/s1. The van der Waals surface area contributed by atoms with E-state index in [9.17, 15) is 29.6 Å². The van der Waals surface area contributed by atoms with Gasteiger partial charge in [-0.3, -0.25) is 19.7 Å². The van der Waals surface area contributed by atoms with Crippen molar-refractivity contribution in [2.75, 3.05) is 32.7 Å². The normalized spacial score (nSPS) is 22.2. The number of carboxylic acid groups (broad SMARTS) is 1. The summed E-state index contributed by atoms with van der Waals surface area (Å²) in [5, 5.41) is 21.2. The molecular weight excluding hydrogens is 392 g/mol. The first kappa shape index (κ1) is 21.7. The van der Waals surface area contributed by atoms with E-state index in [4.69, 9.17) is 0 Å². The first-order valence-corrected chi connectivity index (χ1v) is 10.0. The van der Waals surface area contributed by atoms with E-state index in [0.29, 0.717) is 6.54 Å². The largest absolute Gasteiger partial charge is 0.480 e. The highest BCUT2D eigenvalue weighted by molar-refractivity contribution is 5.87. The number of carbonyl (C=O) groups excluding carboxylic acids is 2. The molecule has 1 aromatic rings. The zero-order valence-corrected chi connectivity index (χ0v) is 16.9. The van der Waals surface area contributed by atoms with Crippen LogP contribution >= 0.6 is 0 Å². The van der Waals surface area contributed by atoms with Gasteiger partial charge in [-0.2, -0.15) is 0 Å². The van der Waals surface area contributed by atoms with Gasteiger partial charge in [0.15, 0.2) is 6.04 Å². The molecule has 2 amide bonds. The third-order valence-electron chi connectivity index (χ3n) is 5.83. The minimum atomic E-state index is -1.20. The number of hydrogen-bond donors (Lipinski definition) is 1. The van der Waals surface area contributed by atoms with Gasteiger partial charge in [0.1, 0.15) is 0 Å². The van der Waals surface area contributed by atoms with Crippen LogP contribution in [0.15, 0.2) is 24.3 Å². The summed E-state index contributed by atoms with van der Waals surface area (Å²) in [6.07, 6.45) is 1.77. The molecule has 2 heterocycles. The van der Waals surface area contributed by atoms with Gasteiger partial charge in [-0.05, 0) is 25.9 Å². The van der Waals surface area contributed by atoms with Crippen LogP contribution in [0.3, 0.4) is 0 Å². The molecule has 2 saturated heterocycles. The number of benzene rings is 1. The fraction of sp³-hybridized carbons (Fsp3) is 0.550. The van der Waals surface area contributed by atoms with Gasteiger partial charge >= 0.3 is 5.97 Å². The van der Waals surface area contributed by atoms with Crippen LogP contribution in [0, 0.1) is 10.1 Å². The van der Waals surface area contributed by atoms with Crippen LogP contribution < -0.4 is 0 Å². The number of nitrogens with zero attached hydrogens (tertiary/aromatic N) is 4. The van der Waals surface area contributed by atoms with Crippen LogP contribution in [0.1, 0.15) is 25.3 Å². The fourth-order valence-electron chi connectivity index (χ4n) is 4.40. The van der Waals surface area contributed by atoms with Crippen molar-refractivity contribution in [1.29, 1.82) is 0 Å². The summed E-state index contributed by atoms with van der Waals surface area (Å²) < 4.78 is 0. The summed E-state index contributed by atoms with van der Waals surface area (Å²) in [4.78, 5) is 53.0. The molecule has 0 saturated carbocycles. The summed E-state index contributed by atoms with van der Waals surface area (Å²) in [6, 6.07) is 4.08. The molecule has 2 fully saturated rings. The molecule has 0 bridgehead atoms. The quantitative estimate of drug-likeness (QED) is 0.534. The molecule has 2 aliphatic rings. The molecule has 0 aliphatic carbocycles. The van der Waals surface area contributed by atoms with Gasteiger partial charge in [-0.15, -0.1) is 0 Å². The Morgan fingerprint density at radius 1 is 1.10 bits per heavy atom. The van der Waals surface area contributed by atoms with Crippen molar-refractivity contribution in [2.45, 2.75) is 38.3 Å². The number of carboxylic acids is 1.